The SMILES string of the molecule is CCC(C)(C)C(=O)OC1C2CC3C1OC(=O)C3(C(=O)O)C2.CCC(C)C(=O)OC1C2CC3C1OC(=O)C3(C(=O)O)C2. The lowest BCUT2D eigenvalue weighted by molar-refractivity contribution is -0.170. The first-order chi connectivity index (χ1) is 19.1. The molecule has 2 heterocycles. The number of hydrogen-bond acceptors (Lipinski definition) is 10. The van der Waals surface area contributed by atoms with Crippen molar-refractivity contribution in [2.75, 3.05) is 0 Å². The summed E-state index contributed by atoms with van der Waals surface area (Å²) in [7, 11) is 0. The van der Waals surface area contributed by atoms with Crippen molar-refractivity contribution in [1.29, 1.82) is 0 Å². The minimum absolute atomic E-state index is 0.0828. The maximum Gasteiger partial charge on any atom is 0.324 e. The molecule has 12 heteroatoms. The van der Waals surface area contributed by atoms with Crippen molar-refractivity contribution in [1.82, 2.24) is 0 Å². The first kappa shape index (κ1) is 29.3. The summed E-state index contributed by atoms with van der Waals surface area (Å²) in [5.74, 6) is -5.26. The average molecular weight is 579 g/mol. The molecule has 0 radical (unpaired) electrons. The molecular weight excluding hydrogens is 540 g/mol. The summed E-state index contributed by atoms with van der Waals surface area (Å²) >= 11 is 0. The summed E-state index contributed by atoms with van der Waals surface area (Å²) in [5.41, 5.74) is -3.39. The van der Waals surface area contributed by atoms with Crippen LogP contribution < -0.4 is 0 Å². The van der Waals surface area contributed by atoms with E-state index in [1.54, 1.807) is 6.92 Å². The number of hydrogen-bond donors (Lipinski definition) is 2. The maximum absolute atomic E-state index is 12.2. The van der Waals surface area contributed by atoms with Gasteiger partial charge in [-0.1, -0.05) is 20.8 Å². The fraction of sp³-hybridized carbons (Fsp3) is 0.793. The van der Waals surface area contributed by atoms with Crippen molar-refractivity contribution in [3.63, 3.8) is 0 Å². The summed E-state index contributed by atoms with van der Waals surface area (Å²) < 4.78 is 21.6. The second-order valence-corrected chi connectivity index (χ2v) is 13.2. The van der Waals surface area contributed by atoms with E-state index in [1.165, 1.54) is 0 Å². The van der Waals surface area contributed by atoms with Crippen LogP contribution in [-0.4, -0.2) is 70.4 Å². The summed E-state index contributed by atoms with van der Waals surface area (Å²) in [6, 6.07) is 0. The number of rotatable bonds is 8. The normalized spacial score (nSPS) is 41.3. The van der Waals surface area contributed by atoms with Gasteiger partial charge in [-0.05, 0) is 52.4 Å². The molecule has 2 saturated heterocycles. The quantitative estimate of drug-likeness (QED) is 0.244. The molecule has 41 heavy (non-hydrogen) atoms. The van der Waals surface area contributed by atoms with E-state index >= 15 is 0 Å². The molecule has 0 aromatic carbocycles. The Kier molecular flexibility index (Phi) is 6.93. The molecule has 12 nitrogen and oxygen atoms in total. The highest BCUT2D eigenvalue weighted by Gasteiger charge is 2.76. The number of carbonyl (C=O) groups excluding carboxylic acids is 4. The largest absolute Gasteiger partial charge is 0.480 e. The predicted molar refractivity (Wildman–Crippen MR) is 136 cm³/mol. The molecule has 0 amide bonds. The maximum atomic E-state index is 12.2. The third-order valence-electron chi connectivity index (χ3n) is 10.8. The van der Waals surface area contributed by atoms with Crippen LogP contribution in [0.2, 0.25) is 0 Å². The van der Waals surface area contributed by atoms with Gasteiger partial charge in [-0.25, -0.2) is 0 Å². The topological polar surface area (TPSA) is 180 Å². The Morgan fingerprint density at radius 3 is 1.71 bits per heavy atom. The fourth-order valence-electron chi connectivity index (χ4n) is 7.74. The molecule has 2 aliphatic heterocycles. The Balaban J connectivity index is 0.000000165. The Morgan fingerprint density at radius 1 is 0.878 bits per heavy atom. The minimum atomic E-state index is -1.40. The molecule has 4 aliphatic carbocycles. The van der Waals surface area contributed by atoms with E-state index in [1.807, 2.05) is 27.7 Å². The molecule has 0 spiro atoms. The second kappa shape index (κ2) is 9.69. The van der Waals surface area contributed by atoms with Crippen molar-refractivity contribution < 1.29 is 57.9 Å². The van der Waals surface area contributed by atoms with Crippen LogP contribution in [0.5, 0.6) is 0 Å². The van der Waals surface area contributed by atoms with Gasteiger partial charge in [0, 0.05) is 23.7 Å². The zero-order valence-corrected chi connectivity index (χ0v) is 23.9. The van der Waals surface area contributed by atoms with E-state index in [2.05, 4.69) is 0 Å². The van der Waals surface area contributed by atoms with Gasteiger partial charge in [-0.3, -0.25) is 28.8 Å². The van der Waals surface area contributed by atoms with Gasteiger partial charge in [0.05, 0.1) is 11.3 Å². The Morgan fingerprint density at radius 2 is 1.32 bits per heavy atom. The van der Waals surface area contributed by atoms with Crippen LogP contribution in [0, 0.1) is 45.8 Å². The number of carboxylic acid groups (broad SMARTS) is 2. The summed E-state index contributed by atoms with van der Waals surface area (Å²) in [5, 5.41) is 18.8. The van der Waals surface area contributed by atoms with Crippen molar-refractivity contribution in [2.45, 2.75) is 97.6 Å². The molecule has 0 aromatic heterocycles. The van der Waals surface area contributed by atoms with Gasteiger partial charge in [0.2, 0.25) is 0 Å². The molecule has 2 N–H and O–H groups in total. The highest BCUT2D eigenvalue weighted by atomic mass is 16.6. The van der Waals surface area contributed by atoms with E-state index in [-0.39, 0.29) is 54.4 Å². The number of esters is 4. The first-order valence-corrected chi connectivity index (χ1v) is 14.5. The van der Waals surface area contributed by atoms with Crippen LogP contribution in [0.3, 0.4) is 0 Å². The zero-order chi connectivity index (χ0) is 30.2. The summed E-state index contributed by atoms with van der Waals surface area (Å²) in [6.07, 6.45) is 0.795. The van der Waals surface area contributed by atoms with E-state index in [0.29, 0.717) is 25.7 Å². The smallest absolute Gasteiger partial charge is 0.324 e. The lowest BCUT2D eigenvalue weighted by Gasteiger charge is -2.31. The van der Waals surface area contributed by atoms with Gasteiger partial charge >= 0.3 is 35.8 Å². The second-order valence-electron chi connectivity index (χ2n) is 13.2. The molecule has 11 atom stereocenters. The molecular formula is C29H38O12. The van der Waals surface area contributed by atoms with Crippen LogP contribution >= 0.6 is 0 Å². The minimum Gasteiger partial charge on any atom is -0.480 e. The summed E-state index contributed by atoms with van der Waals surface area (Å²) in [4.78, 5) is 71.0. The van der Waals surface area contributed by atoms with E-state index in [9.17, 15) is 39.0 Å². The highest BCUT2D eigenvalue weighted by Crippen LogP contribution is 2.63. The molecule has 0 aromatic rings. The highest BCUT2D eigenvalue weighted by molar-refractivity contribution is 6.03. The summed E-state index contributed by atoms with van der Waals surface area (Å²) in [6.45, 7) is 9.22. The van der Waals surface area contributed by atoms with Gasteiger partial charge in [-0.15, -0.1) is 0 Å². The van der Waals surface area contributed by atoms with E-state index < -0.39 is 64.5 Å². The monoisotopic (exact) mass is 578 g/mol. The lowest BCUT2D eigenvalue weighted by atomic mass is 9.73. The third kappa shape index (κ3) is 3.99. The molecule has 11 unspecified atom stereocenters. The van der Waals surface area contributed by atoms with Crippen LogP contribution in [0.25, 0.3) is 0 Å². The van der Waals surface area contributed by atoms with Gasteiger partial charge in [0.25, 0.3) is 0 Å². The van der Waals surface area contributed by atoms with Crippen molar-refractivity contribution in [3.05, 3.63) is 0 Å². The van der Waals surface area contributed by atoms with Gasteiger partial charge in [0.15, 0.2) is 10.8 Å². The zero-order valence-electron chi connectivity index (χ0n) is 23.9. The molecule has 226 valence electrons. The fourth-order valence-corrected chi connectivity index (χ4v) is 7.74. The Hall–Kier alpha value is -3.18. The molecule has 4 bridgehead atoms. The Labute approximate surface area is 237 Å². The molecule has 4 saturated carbocycles. The first-order valence-electron chi connectivity index (χ1n) is 14.5. The predicted octanol–water partition coefficient (Wildman–Crippen LogP) is 2.35. The van der Waals surface area contributed by atoms with Crippen molar-refractivity contribution in [2.24, 2.45) is 45.8 Å². The molecule has 6 fully saturated rings. The van der Waals surface area contributed by atoms with Crippen LogP contribution in [-0.2, 0) is 47.7 Å². The van der Waals surface area contributed by atoms with E-state index in [0.717, 1.165) is 0 Å². The number of fused-ring (bicyclic) bond motifs is 2. The molecule has 6 aliphatic rings. The van der Waals surface area contributed by atoms with Crippen molar-refractivity contribution >= 4 is 35.8 Å². The molecule has 6 rings (SSSR count). The van der Waals surface area contributed by atoms with Gasteiger partial charge in [0.1, 0.15) is 24.4 Å². The standard InChI is InChI=1S/C15H20O6.C14H18O6/c1-4-14(2,3)12(18)20-9-7-5-8-10(9)21-13(19)15(8,6-7)11(16)17;1-3-6(2)11(15)19-9-7-4-8-10(9)20-13(18)14(8,5-7)12(16)17/h7-10H,4-6H2,1-3H3,(H,16,17);6-10H,3-5H2,1-2H3,(H,16,17). The van der Waals surface area contributed by atoms with Crippen LogP contribution in [0.15, 0.2) is 0 Å². The van der Waals surface area contributed by atoms with Gasteiger partial charge < -0.3 is 29.2 Å². The number of carboxylic acids is 2. The number of carbonyl (C=O) groups is 6. The van der Waals surface area contributed by atoms with Crippen LogP contribution in [0.1, 0.15) is 73.1 Å². The number of ether oxygens (including phenoxy) is 4. The average Bonchev–Trinajstić information content (AvgIpc) is 3.71. The van der Waals surface area contributed by atoms with Crippen LogP contribution in [0.4, 0.5) is 0 Å². The van der Waals surface area contributed by atoms with Crippen molar-refractivity contribution in [3.8, 4) is 0 Å². The van der Waals surface area contributed by atoms with E-state index in [4.69, 9.17) is 18.9 Å². The van der Waals surface area contributed by atoms with Gasteiger partial charge in [-0.2, -0.15) is 0 Å². The number of aliphatic carboxylic acids is 2. The Bertz CT molecular complexity index is 1190. The lowest BCUT2D eigenvalue weighted by Crippen LogP contribution is -2.45. The third-order valence-corrected chi connectivity index (χ3v) is 10.8.